The summed E-state index contributed by atoms with van der Waals surface area (Å²) in [5.74, 6) is -9.84. The zero-order chi connectivity index (χ0) is 25.3. The Morgan fingerprint density at radius 2 is 1.97 bits per heavy atom. The van der Waals surface area contributed by atoms with Gasteiger partial charge in [0.25, 0.3) is 5.91 Å². The van der Waals surface area contributed by atoms with E-state index in [1.54, 1.807) is 0 Å². The molecule has 11 heteroatoms. The van der Waals surface area contributed by atoms with Gasteiger partial charge in [0.15, 0.2) is 5.78 Å². The standard InChI is InChI=1S/C24H27F4N3O4/c25-11-19(32)18(9-13-7-8-29-21(13)33)30-22(34)20-17-6-1-3-14(17)12-31(20)23(35)24(27,28)15-4-2-5-16(26)10-15/h2,4-5,10,13-14,17-18,20H,1,3,6-9,11-12H2,(H,29,33)(H,30,34)/t13-,14-,17-,18+,20+/m1/s1. The minimum Gasteiger partial charge on any atom is -0.356 e. The van der Waals surface area contributed by atoms with Crippen LogP contribution < -0.4 is 10.6 Å². The molecule has 0 bridgehead atoms. The smallest absolute Gasteiger partial charge is 0.350 e. The third-order valence-corrected chi connectivity index (χ3v) is 7.40. The molecule has 190 valence electrons. The van der Waals surface area contributed by atoms with Gasteiger partial charge >= 0.3 is 5.92 Å². The van der Waals surface area contributed by atoms with Crippen molar-refractivity contribution < 1.29 is 36.7 Å². The third kappa shape index (κ3) is 4.90. The first-order valence-corrected chi connectivity index (χ1v) is 11.7. The molecule has 3 fully saturated rings. The number of nitrogens with one attached hydrogen (secondary N) is 2. The molecule has 2 N–H and O–H groups in total. The quantitative estimate of drug-likeness (QED) is 0.538. The number of fused-ring (bicyclic) bond motifs is 1. The first kappa shape index (κ1) is 25.1. The summed E-state index contributed by atoms with van der Waals surface area (Å²) in [6.07, 6.45) is 2.25. The largest absolute Gasteiger partial charge is 0.356 e. The summed E-state index contributed by atoms with van der Waals surface area (Å²) >= 11 is 0. The second kappa shape index (κ2) is 9.94. The molecule has 2 heterocycles. The van der Waals surface area contributed by atoms with Crippen molar-refractivity contribution in [3.8, 4) is 0 Å². The second-order valence-electron chi connectivity index (χ2n) is 9.52. The SMILES string of the molecule is O=C1NCC[C@@H]1C[C@H](NC(=O)[C@@H]1[C@@H]2CCC[C@@H]2CN1C(=O)C(F)(F)c1cccc(F)c1)C(=O)CF. The van der Waals surface area contributed by atoms with Crippen molar-refractivity contribution in [1.82, 2.24) is 15.5 Å². The average molecular weight is 497 g/mol. The number of hydrogen-bond acceptors (Lipinski definition) is 4. The molecule has 1 saturated carbocycles. The van der Waals surface area contributed by atoms with Crippen LogP contribution in [0.2, 0.25) is 0 Å². The number of carbonyl (C=O) groups excluding carboxylic acids is 4. The fourth-order valence-corrected chi connectivity index (χ4v) is 5.61. The van der Waals surface area contributed by atoms with Gasteiger partial charge in [0.2, 0.25) is 11.8 Å². The molecule has 1 aromatic carbocycles. The molecule has 1 aliphatic carbocycles. The molecule has 35 heavy (non-hydrogen) atoms. The van der Waals surface area contributed by atoms with Crippen LogP contribution in [0.15, 0.2) is 24.3 Å². The molecule has 5 atom stereocenters. The van der Waals surface area contributed by atoms with Crippen LogP contribution in [0, 0.1) is 23.6 Å². The number of ketones is 1. The fraction of sp³-hybridized carbons (Fsp3) is 0.583. The number of hydrogen-bond donors (Lipinski definition) is 2. The van der Waals surface area contributed by atoms with Crippen LogP contribution in [-0.4, -0.2) is 60.3 Å². The lowest BCUT2D eigenvalue weighted by Gasteiger charge is -2.31. The Morgan fingerprint density at radius 1 is 1.20 bits per heavy atom. The van der Waals surface area contributed by atoms with E-state index in [1.807, 2.05) is 0 Å². The van der Waals surface area contributed by atoms with Crippen molar-refractivity contribution in [2.75, 3.05) is 19.8 Å². The highest BCUT2D eigenvalue weighted by molar-refractivity contribution is 5.95. The van der Waals surface area contributed by atoms with E-state index in [0.717, 1.165) is 29.5 Å². The van der Waals surface area contributed by atoms with Gasteiger partial charge in [-0.1, -0.05) is 18.6 Å². The lowest BCUT2D eigenvalue weighted by Crippen LogP contribution is -2.55. The van der Waals surface area contributed by atoms with Gasteiger partial charge in [-0.25, -0.2) is 8.78 Å². The number of alkyl halides is 3. The monoisotopic (exact) mass is 497 g/mol. The molecule has 3 aliphatic rings. The number of amides is 3. The third-order valence-electron chi connectivity index (χ3n) is 7.40. The number of carbonyl (C=O) groups is 4. The minimum absolute atomic E-state index is 0.0702. The van der Waals surface area contributed by atoms with Gasteiger partial charge in [0.1, 0.15) is 18.5 Å². The minimum atomic E-state index is -4.07. The first-order valence-electron chi connectivity index (χ1n) is 11.7. The van der Waals surface area contributed by atoms with Gasteiger partial charge in [-0.05, 0) is 49.7 Å². The van der Waals surface area contributed by atoms with E-state index in [9.17, 15) is 28.0 Å². The first-order chi connectivity index (χ1) is 16.6. The number of halogens is 4. The molecule has 0 spiro atoms. The summed E-state index contributed by atoms with van der Waals surface area (Å²) < 4.78 is 57.0. The fourth-order valence-electron chi connectivity index (χ4n) is 5.61. The van der Waals surface area contributed by atoms with Crippen LogP contribution in [0.3, 0.4) is 0 Å². The van der Waals surface area contributed by atoms with E-state index in [2.05, 4.69) is 10.6 Å². The average Bonchev–Trinajstić information content (AvgIpc) is 3.53. The Kier molecular flexibility index (Phi) is 7.14. The van der Waals surface area contributed by atoms with E-state index >= 15 is 8.78 Å². The number of likely N-dealkylation sites (tertiary alicyclic amines) is 1. The Labute approximate surface area is 199 Å². The molecule has 2 saturated heterocycles. The molecule has 1 aromatic rings. The van der Waals surface area contributed by atoms with E-state index in [0.29, 0.717) is 31.9 Å². The lowest BCUT2D eigenvalue weighted by molar-refractivity contribution is -0.162. The highest BCUT2D eigenvalue weighted by Crippen LogP contribution is 2.44. The van der Waals surface area contributed by atoms with Crippen LogP contribution in [0.4, 0.5) is 17.6 Å². The zero-order valence-electron chi connectivity index (χ0n) is 18.9. The predicted octanol–water partition coefficient (Wildman–Crippen LogP) is 2.09. The lowest BCUT2D eigenvalue weighted by atomic mass is 9.92. The zero-order valence-corrected chi connectivity index (χ0v) is 18.9. The molecule has 0 unspecified atom stereocenters. The van der Waals surface area contributed by atoms with Crippen LogP contribution in [0.5, 0.6) is 0 Å². The van der Waals surface area contributed by atoms with Crippen molar-refractivity contribution >= 4 is 23.5 Å². The van der Waals surface area contributed by atoms with Crippen molar-refractivity contribution in [2.24, 2.45) is 17.8 Å². The molecule has 3 amide bonds. The van der Waals surface area contributed by atoms with Crippen LogP contribution in [0.1, 0.15) is 37.7 Å². The number of Topliss-reactive ketones (excluding diaryl/α,β-unsaturated/α-hetero) is 1. The van der Waals surface area contributed by atoms with Crippen molar-refractivity contribution in [1.29, 1.82) is 0 Å². The molecular weight excluding hydrogens is 470 g/mol. The van der Waals surface area contributed by atoms with Gasteiger partial charge in [-0.15, -0.1) is 0 Å². The maximum absolute atomic E-state index is 15.1. The molecule has 2 aliphatic heterocycles. The molecule has 0 aromatic heterocycles. The maximum atomic E-state index is 15.1. The van der Waals surface area contributed by atoms with Crippen LogP contribution in [-0.2, 0) is 25.1 Å². The van der Waals surface area contributed by atoms with Crippen molar-refractivity contribution in [3.05, 3.63) is 35.6 Å². The van der Waals surface area contributed by atoms with Crippen LogP contribution >= 0.6 is 0 Å². The number of rotatable bonds is 8. The summed E-state index contributed by atoms with van der Waals surface area (Å²) in [7, 11) is 0. The summed E-state index contributed by atoms with van der Waals surface area (Å²) in [5.41, 5.74) is -0.823. The molecule has 4 rings (SSSR count). The Hall–Kier alpha value is -2.98. The maximum Gasteiger partial charge on any atom is 0.350 e. The van der Waals surface area contributed by atoms with Crippen LogP contribution in [0.25, 0.3) is 0 Å². The summed E-state index contributed by atoms with van der Waals surface area (Å²) in [6.45, 7) is -1.03. The summed E-state index contributed by atoms with van der Waals surface area (Å²) in [6, 6.07) is 0.972. The van der Waals surface area contributed by atoms with Crippen molar-refractivity contribution in [2.45, 2.75) is 50.1 Å². The Bertz CT molecular complexity index is 1020. The van der Waals surface area contributed by atoms with Gasteiger partial charge in [0.05, 0.1) is 6.04 Å². The topological polar surface area (TPSA) is 95.6 Å². The van der Waals surface area contributed by atoms with E-state index in [1.165, 1.54) is 0 Å². The van der Waals surface area contributed by atoms with E-state index in [4.69, 9.17) is 0 Å². The van der Waals surface area contributed by atoms with E-state index in [-0.39, 0.29) is 24.8 Å². The Morgan fingerprint density at radius 3 is 2.63 bits per heavy atom. The van der Waals surface area contributed by atoms with Crippen molar-refractivity contribution in [3.63, 3.8) is 0 Å². The summed E-state index contributed by atoms with van der Waals surface area (Å²) in [4.78, 5) is 51.3. The Balaban J connectivity index is 1.57. The molecular formula is C24H27F4N3O4. The molecule has 0 radical (unpaired) electrons. The second-order valence-corrected chi connectivity index (χ2v) is 9.52. The molecule has 7 nitrogen and oxygen atoms in total. The van der Waals surface area contributed by atoms with Gasteiger partial charge < -0.3 is 15.5 Å². The normalized spacial score (nSPS) is 26.9. The van der Waals surface area contributed by atoms with Gasteiger partial charge in [0, 0.05) is 24.6 Å². The summed E-state index contributed by atoms with van der Waals surface area (Å²) in [5, 5.41) is 5.06. The highest BCUT2D eigenvalue weighted by atomic mass is 19.3. The van der Waals surface area contributed by atoms with Gasteiger partial charge in [-0.2, -0.15) is 8.78 Å². The highest BCUT2D eigenvalue weighted by Gasteiger charge is 2.55. The van der Waals surface area contributed by atoms with E-state index < -0.39 is 65.5 Å². The van der Waals surface area contributed by atoms with Gasteiger partial charge in [-0.3, -0.25) is 19.2 Å². The predicted molar refractivity (Wildman–Crippen MR) is 115 cm³/mol. The number of benzene rings is 1. The number of nitrogens with zero attached hydrogens (tertiary/aromatic N) is 1.